The van der Waals surface area contributed by atoms with Gasteiger partial charge in [-0.3, -0.25) is 4.79 Å². The Kier molecular flexibility index (Phi) is 3.11. The quantitative estimate of drug-likeness (QED) is 0.719. The average Bonchev–Trinajstić information content (AvgIpc) is 2.28. The number of rotatable bonds is 2. The minimum Gasteiger partial charge on any atom is -0.287 e. The second kappa shape index (κ2) is 4.54. The van der Waals surface area contributed by atoms with E-state index in [-0.39, 0.29) is 5.12 Å². The molecule has 16 heavy (non-hydrogen) atoms. The number of carbonyl (C=O) groups is 1. The van der Waals surface area contributed by atoms with Crippen LogP contribution in [0.4, 0.5) is 0 Å². The van der Waals surface area contributed by atoms with Gasteiger partial charge in [0.15, 0.2) is 5.12 Å². The van der Waals surface area contributed by atoms with Gasteiger partial charge in [0, 0.05) is 17.2 Å². The van der Waals surface area contributed by atoms with E-state index in [9.17, 15) is 4.79 Å². The summed E-state index contributed by atoms with van der Waals surface area (Å²) in [5, 5.41) is 2.36. The lowest BCUT2D eigenvalue weighted by atomic mass is 10.0. The molecule has 0 radical (unpaired) electrons. The third-order valence-corrected chi connectivity index (χ3v) is 3.22. The van der Waals surface area contributed by atoms with Crippen molar-refractivity contribution in [2.45, 2.75) is 11.8 Å². The lowest BCUT2D eigenvalue weighted by Crippen LogP contribution is -1.85. The maximum absolute atomic E-state index is 11.2. The van der Waals surface area contributed by atoms with Gasteiger partial charge in [-0.1, -0.05) is 54.7 Å². The zero-order valence-corrected chi connectivity index (χ0v) is 9.88. The van der Waals surface area contributed by atoms with Crippen molar-refractivity contribution in [2.75, 3.05) is 0 Å². The Bertz CT molecular complexity index is 552. The highest BCUT2D eigenvalue weighted by Gasteiger charge is 2.06. The van der Waals surface area contributed by atoms with E-state index >= 15 is 0 Å². The van der Waals surface area contributed by atoms with Gasteiger partial charge in [0.1, 0.15) is 0 Å². The van der Waals surface area contributed by atoms with Gasteiger partial charge in [-0.2, -0.15) is 0 Å². The van der Waals surface area contributed by atoms with Crippen molar-refractivity contribution in [3.8, 4) is 0 Å². The van der Waals surface area contributed by atoms with E-state index in [1.165, 1.54) is 11.8 Å². The molecule has 2 rings (SSSR count). The van der Waals surface area contributed by atoms with Gasteiger partial charge in [-0.05, 0) is 17.0 Å². The largest absolute Gasteiger partial charge is 0.287 e. The van der Waals surface area contributed by atoms with E-state index in [0.29, 0.717) is 0 Å². The highest BCUT2D eigenvalue weighted by molar-refractivity contribution is 8.13. The van der Waals surface area contributed by atoms with E-state index in [4.69, 9.17) is 0 Å². The van der Waals surface area contributed by atoms with E-state index in [1.807, 2.05) is 42.5 Å². The second-order valence-electron chi connectivity index (χ2n) is 3.50. The molecule has 1 nitrogen and oxygen atoms in total. The molecular weight excluding hydrogens is 216 g/mol. The summed E-state index contributed by atoms with van der Waals surface area (Å²) in [6, 6.07) is 12.1. The van der Waals surface area contributed by atoms with Crippen LogP contribution in [-0.4, -0.2) is 5.12 Å². The van der Waals surface area contributed by atoms with Crippen LogP contribution in [0.2, 0.25) is 0 Å². The normalized spacial score (nSPS) is 10.3. The van der Waals surface area contributed by atoms with Gasteiger partial charge in [0.25, 0.3) is 0 Å². The Morgan fingerprint density at radius 1 is 1.25 bits per heavy atom. The third-order valence-electron chi connectivity index (χ3n) is 2.37. The van der Waals surface area contributed by atoms with Crippen molar-refractivity contribution in [2.24, 2.45) is 0 Å². The van der Waals surface area contributed by atoms with Crippen molar-refractivity contribution >= 4 is 33.7 Å². The highest BCUT2D eigenvalue weighted by atomic mass is 32.2. The lowest BCUT2D eigenvalue weighted by Gasteiger charge is -2.07. The molecule has 0 fully saturated rings. The van der Waals surface area contributed by atoms with Gasteiger partial charge in [0.05, 0.1) is 0 Å². The van der Waals surface area contributed by atoms with Crippen LogP contribution in [-0.2, 0) is 4.79 Å². The van der Waals surface area contributed by atoms with Crippen molar-refractivity contribution in [1.29, 1.82) is 0 Å². The topological polar surface area (TPSA) is 17.1 Å². The van der Waals surface area contributed by atoms with E-state index in [1.54, 1.807) is 6.92 Å². The van der Waals surface area contributed by atoms with Crippen LogP contribution in [0.1, 0.15) is 12.5 Å². The van der Waals surface area contributed by atoms with Crippen LogP contribution in [0.15, 0.2) is 47.9 Å². The molecule has 0 aliphatic carbocycles. The van der Waals surface area contributed by atoms with Gasteiger partial charge in [-0.25, -0.2) is 0 Å². The van der Waals surface area contributed by atoms with E-state index < -0.39 is 0 Å². The standard InChI is InChI=1S/C14H12OS/c1-3-11-6-4-7-12-8-5-9-13(14(11)12)16-10(2)15/h3-9H,1H2,2H3. The van der Waals surface area contributed by atoms with Crippen LogP contribution >= 0.6 is 11.8 Å². The number of benzene rings is 2. The van der Waals surface area contributed by atoms with Gasteiger partial charge < -0.3 is 0 Å². The van der Waals surface area contributed by atoms with Gasteiger partial charge >= 0.3 is 0 Å². The molecule has 0 unspecified atom stereocenters. The maximum Gasteiger partial charge on any atom is 0.190 e. The SMILES string of the molecule is C=Cc1cccc2cccc(SC(C)=O)c12. The molecule has 0 amide bonds. The van der Waals surface area contributed by atoms with Crippen molar-refractivity contribution in [3.05, 3.63) is 48.5 Å². The minimum absolute atomic E-state index is 0.103. The summed E-state index contributed by atoms with van der Waals surface area (Å²) in [5.41, 5.74) is 1.07. The molecule has 2 aromatic rings. The van der Waals surface area contributed by atoms with E-state index in [0.717, 1.165) is 21.2 Å². The predicted molar refractivity (Wildman–Crippen MR) is 70.6 cm³/mol. The number of thioether (sulfide) groups is 1. The van der Waals surface area contributed by atoms with Crippen molar-refractivity contribution in [1.82, 2.24) is 0 Å². The first kappa shape index (κ1) is 11.0. The first-order valence-corrected chi connectivity index (χ1v) is 5.86. The molecule has 0 saturated carbocycles. The summed E-state index contributed by atoms with van der Waals surface area (Å²) in [6.07, 6.45) is 1.83. The molecule has 0 saturated heterocycles. The molecule has 0 atom stereocenters. The van der Waals surface area contributed by atoms with Crippen LogP contribution in [0, 0.1) is 0 Å². The second-order valence-corrected chi connectivity index (χ2v) is 4.72. The number of hydrogen-bond acceptors (Lipinski definition) is 2. The zero-order chi connectivity index (χ0) is 11.5. The molecule has 0 spiro atoms. The summed E-state index contributed by atoms with van der Waals surface area (Å²) in [4.78, 5) is 12.2. The Morgan fingerprint density at radius 3 is 2.56 bits per heavy atom. The van der Waals surface area contributed by atoms with Gasteiger partial charge in [-0.15, -0.1) is 0 Å². The summed E-state index contributed by atoms with van der Waals surface area (Å²) in [7, 11) is 0. The molecule has 0 heterocycles. The van der Waals surface area contributed by atoms with Crippen molar-refractivity contribution < 1.29 is 4.79 Å². The summed E-state index contributed by atoms with van der Waals surface area (Å²) < 4.78 is 0. The number of hydrogen-bond donors (Lipinski definition) is 0. The lowest BCUT2D eigenvalue weighted by molar-refractivity contribution is -0.109. The predicted octanol–water partition coefficient (Wildman–Crippen LogP) is 4.12. The summed E-state index contributed by atoms with van der Waals surface area (Å²) >= 11 is 1.27. The van der Waals surface area contributed by atoms with Crippen LogP contribution in [0.25, 0.3) is 16.8 Å². The average molecular weight is 228 g/mol. The first-order valence-electron chi connectivity index (χ1n) is 5.05. The fraction of sp³-hybridized carbons (Fsp3) is 0.0714. The Hall–Kier alpha value is -1.54. The molecule has 2 heteroatoms. The Balaban J connectivity index is 2.73. The summed E-state index contributed by atoms with van der Waals surface area (Å²) in [5.74, 6) is 0. The fourth-order valence-corrected chi connectivity index (χ4v) is 2.54. The summed E-state index contributed by atoms with van der Waals surface area (Å²) in [6.45, 7) is 5.39. The highest BCUT2D eigenvalue weighted by Crippen LogP contribution is 2.31. The Morgan fingerprint density at radius 2 is 1.94 bits per heavy atom. The van der Waals surface area contributed by atoms with E-state index in [2.05, 4.69) is 6.58 Å². The maximum atomic E-state index is 11.2. The molecule has 0 aliphatic heterocycles. The number of fused-ring (bicyclic) bond motifs is 1. The molecule has 0 N–H and O–H groups in total. The molecule has 2 aromatic carbocycles. The zero-order valence-electron chi connectivity index (χ0n) is 9.07. The van der Waals surface area contributed by atoms with Crippen LogP contribution in [0.5, 0.6) is 0 Å². The molecule has 0 bridgehead atoms. The molecule has 0 aromatic heterocycles. The Labute approximate surface area is 99.2 Å². The van der Waals surface area contributed by atoms with Crippen molar-refractivity contribution in [3.63, 3.8) is 0 Å². The molecule has 80 valence electrons. The van der Waals surface area contributed by atoms with Crippen LogP contribution < -0.4 is 0 Å². The monoisotopic (exact) mass is 228 g/mol. The third kappa shape index (κ3) is 2.02. The molecular formula is C14H12OS. The minimum atomic E-state index is 0.103. The van der Waals surface area contributed by atoms with Crippen LogP contribution in [0.3, 0.4) is 0 Å². The number of carbonyl (C=O) groups excluding carboxylic acids is 1. The first-order chi connectivity index (χ1) is 7.72. The molecule has 0 aliphatic rings. The fourth-order valence-electron chi connectivity index (χ4n) is 1.74. The smallest absolute Gasteiger partial charge is 0.190 e. The van der Waals surface area contributed by atoms with Gasteiger partial charge in [0.2, 0.25) is 0 Å².